The quantitative estimate of drug-likeness (QED) is 0.814. The zero-order valence-electron chi connectivity index (χ0n) is 11.6. The van der Waals surface area contributed by atoms with Gasteiger partial charge in [-0.15, -0.1) is 11.3 Å². The van der Waals surface area contributed by atoms with E-state index in [1.807, 2.05) is 30.3 Å². The van der Waals surface area contributed by atoms with Crippen molar-refractivity contribution in [1.82, 2.24) is 14.8 Å². The Kier molecular flexibility index (Phi) is 3.94. The van der Waals surface area contributed by atoms with Crippen LogP contribution in [0.25, 0.3) is 0 Å². The van der Waals surface area contributed by atoms with Gasteiger partial charge in [-0.25, -0.2) is 9.67 Å². The van der Waals surface area contributed by atoms with Gasteiger partial charge in [-0.1, -0.05) is 0 Å². The Morgan fingerprint density at radius 1 is 1.50 bits per heavy atom. The fraction of sp³-hybridized carbons (Fsp3) is 0.500. The molecule has 106 valence electrons. The summed E-state index contributed by atoms with van der Waals surface area (Å²) in [6.07, 6.45) is 2.96. The molecule has 20 heavy (non-hydrogen) atoms. The number of thioether (sulfide) groups is 1. The van der Waals surface area contributed by atoms with E-state index in [-0.39, 0.29) is 11.8 Å². The van der Waals surface area contributed by atoms with Crippen molar-refractivity contribution in [2.75, 3.05) is 5.75 Å². The van der Waals surface area contributed by atoms with E-state index in [9.17, 15) is 4.79 Å². The van der Waals surface area contributed by atoms with Gasteiger partial charge >= 0.3 is 0 Å². The van der Waals surface area contributed by atoms with Gasteiger partial charge in [0, 0.05) is 16.7 Å². The summed E-state index contributed by atoms with van der Waals surface area (Å²) in [5.41, 5.74) is 1.35. The predicted molar refractivity (Wildman–Crippen MR) is 82.6 cm³/mol. The molecule has 0 aliphatic carbocycles. The van der Waals surface area contributed by atoms with Crippen LogP contribution in [0.5, 0.6) is 0 Å². The number of rotatable bonds is 4. The van der Waals surface area contributed by atoms with Crippen LogP contribution in [0.2, 0.25) is 0 Å². The van der Waals surface area contributed by atoms with Crippen LogP contribution in [0.3, 0.4) is 0 Å². The second kappa shape index (κ2) is 5.69. The molecule has 2 aromatic rings. The standard InChI is InChI=1S/C14H17N3OS2/c1-9(2)17-14(15-8-16-17)6-11(18)13-5-10-7-19-4-3-12(10)20-13/h5,8-9H,3-4,6-7H2,1-2H3. The number of carbonyl (C=O) groups is 1. The van der Waals surface area contributed by atoms with Gasteiger partial charge in [-0.05, 0) is 37.7 Å². The second-order valence-electron chi connectivity index (χ2n) is 5.18. The van der Waals surface area contributed by atoms with Crippen molar-refractivity contribution in [2.24, 2.45) is 0 Å². The predicted octanol–water partition coefficient (Wildman–Crippen LogP) is 3.14. The van der Waals surface area contributed by atoms with Crippen LogP contribution in [0.1, 0.15) is 45.8 Å². The van der Waals surface area contributed by atoms with Crippen LogP contribution in [-0.4, -0.2) is 26.3 Å². The first-order valence-corrected chi connectivity index (χ1v) is 8.73. The topological polar surface area (TPSA) is 47.8 Å². The molecule has 0 aromatic carbocycles. The minimum absolute atomic E-state index is 0.157. The number of aryl methyl sites for hydroxylation is 1. The van der Waals surface area contributed by atoms with Gasteiger partial charge < -0.3 is 0 Å². The SMILES string of the molecule is CC(C)n1ncnc1CC(=O)c1cc2c(s1)CCSC2. The molecule has 4 nitrogen and oxygen atoms in total. The van der Waals surface area contributed by atoms with E-state index in [1.165, 1.54) is 22.5 Å². The summed E-state index contributed by atoms with van der Waals surface area (Å²) in [5, 5.41) is 4.18. The fourth-order valence-electron chi connectivity index (χ4n) is 2.35. The maximum absolute atomic E-state index is 12.4. The Balaban J connectivity index is 1.79. The first-order valence-electron chi connectivity index (χ1n) is 6.76. The summed E-state index contributed by atoms with van der Waals surface area (Å²) in [4.78, 5) is 18.9. The number of hydrogen-bond acceptors (Lipinski definition) is 5. The highest BCUT2D eigenvalue weighted by Gasteiger charge is 2.19. The largest absolute Gasteiger partial charge is 0.293 e. The van der Waals surface area contributed by atoms with Crippen LogP contribution >= 0.6 is 23.1 Å². The van der Waals surface area contributed by atoms with Gasteiger partial charge in [-0.2, -0.15) is 16.9 Å². The van der Waals surface area contributed by atoms with E-state index in [0.29, 0.717) is 6.42 Å². The molecule has 1 aliphatic heterocycles. The zero-order valence-corrected chi connectivity index (χ0v) is 13.3. The zero-order chi connectivity index (χ0) is 14.1. The average molecular weight is 307 g/mol. The minimum atomic E-state index is 0.157. The summed E-state index contributed by atoms with van der Waals surface area (Å²) in [7, 11) is 0. The minimum Gasteiger partial charge on any atom is -0.293 e. The van der Waals surface area contributed by atoms with Crippen LogP contribution in [-0.2, 0) is 18.6 Å². The fourth-order valence-corrected chi connectivity index (χ4v) is 4.66. The number of thiophene rings is 1. The molecule has 0 spiro atoms. The first-order chi connectivity index (χ1) is 9.65. The van der Waals surface area contributed by atoms with Gasteiger partial charge in [0.05, 0.1) is 11.3 Å². The van der Waals surface area contributed by atoms with Crippen molar-refractivity contribution < 1.29 is 4.79 Å². The molecule has 3 heterocycles. The molecule has 0 saturated heterocycles. The van der Waals surface area contributed by atoms with Gasteiger partial charge in [0.1, 0.15) is 12.2 Å². The molecule has 3 rings (SSSR count). The highest BCUT2D eigenvalue weighted by Crippen LogP contribution is 2.32. The number of fused-ring (bicyclic) bond motifs is 1. The lowest BCUT2D eigenvalue weighted by atomic mass is 10.2. The monoisotopic (exact) mass is 307 g/mol. The maximum Gasteiger partial charge on any atom is 0.180 e. The third-order valence-electron chi connectivity index (χ3n) is 3.36. The van der Waals surface area contributed by atoms with Crippen LogP contribution in [0, 0.1) is 0 Å². The third-order valence-corrected chi connectivity index (χ3v) is 5.64. The molecular weight excluding hydrogens is 290 g/mol. The number of ketones is 1. The molecule has 0 amide bonds. The van der Waals surface area contributed by atoms with Crippen molar-refractivity contribution in [2.45, 2.75) is 38.5 Å². The summed E-state index contributed by atoms with van der Waals surface area (Å²) < 4.78 is 1.82. The van der Waals surface area contributed by atoms with Crippen molar-refractivity contribution in [3.8, 4) is 0 Å². The summed E-state index contributed by atoms with van der Waals surface area (Å²) in [6, 6.07) is 2.30. The van der Waals surface area contributed by atoms with E-state index in [1.54, 1.807) is 11.3 Å². The van der Waals surface area contributed by atoms with Crippen molar-refractivity contribution in [3.63, 3.8) is 0 Å². The van der Waals surface area contributed by atoms with Crippen LogP contribution < -0.4 is 0 Å². The molecular formula is C14H17N3OS2. The molecule has 0 atom stereocenters. The van der Waals surface area contributed by atoms with E-state index >= 15 is 0 Å². The van der Waals surface area contributed by atoms with Crippen LogP contribution in [0.15, 0.2) is 12.4 Å². The highest BCUT2D eigenvalue weighted by molar-refractivity contribution is 7.98. The third kappa shape index (κ3) is 2.67. The Morgan fingerprint density at radius 3 is 3.10 bits per heavy atom. The van der Waals surface area contributed by atoms with Gasteiger partial charge in [0.25, 0.3) is 0 Å². The molecule has 1 aliphatic rings. The average Bonchev–Trinajstić information content (AvgIpc) is 3.03. The van der Waals surface area contributed by atoms with Gasteiger partial charge in [0.15, 0.2) is 5.78 Å². The molecule has 0 radical (unpaired) electrons. The molecule has 0 unspecified atom stereocenters. The lowest BCUT2D eigenvalue weighted by molar-refractivity contribution is 0.0993. The first kappa shape index (κ1) is 13.8. The smallest absolute Gasteiger partial charge is 0.180 e. The number of hydrogen-bond donors (Lipinski definition) is 0. The molecule has 0 N–H and O–H groups in total. The Bertz CT molecular complexity index is 607. The summed E-state index contributed by atoms with van der Waals surface area (Å²) in [6.45, 7) is 4.09. The normalized spacial score (nSPS) is 14.6. The van der Waals surface area contributed by atoms with E-state index in [2.05, 4.69) is 16.1 Å². The molecule has 0 saturated carbocycles. The summed E-state index contributed by atoms with van der Waals surface area (Å²) in [5.74, 6) is 3.12. The van der Waals surface area contributed by atoms with Crippen molar-refractivity contribution >= 4 is 28.9 Å². The number of Topliss-reactive ketones (excluding diaryl/α,β-unsaturated/α-hetero) is 1. The molecule has 2 aromatic heterocycles. The van der Waals surface area contributed by atoms with Crippen molar-refractivity contribution in [1.29, 1.82) is 0 Å². The molecule has 0 bridgehead atoms. The highest BCUT2D eigenvalue weighted by atomic mass is 32.2. The van der Waals surface area contributed by atoms with Gasteiger partial charge in [-0.3, -0.25) is 4.79 Å². The Hall–Kier alpha value is -1.14. The Labute approximate surface area is 126 Å². The van der Waals surface area contributed by atoms with E-state index in [4.69, 9.17) is 0 Å². The number of carbonyl (C=O) groups excluding carboxylic acids is 1. The second-order valence-corrected chi connectivity index (χ2v) is 7.42. The molecule has 0 fully saturated rings. The lowest BCUT2D eigenvalue weighted by Gasteiger charge is -2.08. The summed E-state index contributed by atoms with van der Waals surface area (Å²) >= 11 is 3.60. The Morgan fingerprint density at radius 2 is 2.35 bits per heavy atom. The van der Waals surface area contributed by atoms with E-state index < -0.39 is 0 Å². The molecule has 6 heteroatoms. The maximum atomic E-state index is 12.4. The number of nitrogens with zero attached hydrogens (tertiary/aromatic N) is 3. The number of aromatic nitrogens is 3. The lowest BCUT2D eigenvalue weighted by Crippen LogP contribution is -2.12. The van der Waals surface area contributed by atoms with Crippen molar-refractivity contribution in [3.05, 3.63) is 33.5 Å². The van der Waals surface area contributed by atoms with Crippen LogP contribution in [0.4, 0.5) is 0 Å². The van der Waals surface area contributed by atoms with E-state index in [0.717, 1.165) is 22.9 Å². The van der Waals surface area contributed by atoms with Gasteiger partial charge in [0.2, 0.25) is 0 Å².